The standard InChI is InChI=1S/C50H88NO11P/c1-3-5-7-9-11-13-15-17-18-19-20-21-22-23-24-26-28-30-32-34-36-40-48(53)59-42-46(43-60-63(57,58)61-44-47(51)50(55)56)62-49(54)41-37-39-45(52)38-35-33-31-29-27-25-16-14-12-10-8-6-4-2/h12,14,25,27,31,33,35,38,46-47H,3-11,13,15-24,26,28-30,32,34,36-37,39-44,51H2,1-2H3,(H,55,56)(H,57,58)/b14-12-,27-25-,33-31-,38-35+/t46-,47+/m1/s1. The van der Waals surface area contributed by atoms with Crippen LogP contribution in [0.3, 0.4) is 0 Å². The summed E-state index contributed by atoms with van der Waals surface area (Å²) in [5, 5.41) is 8.90. The van der Waals surface area contributed by atoms with Gasteiger partial charge in [-0.1, -0.05) is 198 Å². The summed E-state index contributed by atoms with van der Waals surface area (Å²) in [7, 11) is -4.79. The van der Waals surface area contributed by atoms with E-state index in [1.165, 1.54) is 134 Å². The maximum atomic E-state index is 12.6. The Labute approximate surface area is 381 Å². The van der Waals surface area contributed by atoms with Crippen molar-refractivity contribution in [2.45, 2.75) is 225 Å². The lowest BCUT2D eigenvalue weighted by atomic mass is 10.0. The first-order chi connectivity index (χ1) is 30.5. The van der Waals surface area contributed by atoms with Gasteiger partial charge in [0, 0.05) is 19.3 Å². The highest BCUT2D eigenvalue weighted by atomic mass is 31.2. The Morgan fingerprint density at radius 1 is 0.540 bits per heavy atom. The lowest BCUT2D eigenvalue weighted by Gasteiger charge is -2.20. The van der Waals surface area contributed by atoms with Gasteiger partial charge in [0.2, 0.25) is 0 Å². The number of phosphoric ester groups is 1. The van der Waals surface area contributed by atoms with Crippen LogP contribution >= 0.6 is 7.82 Å². The third-order valence-corrected chi connectivity index (χ3v) is 11.5. The first kappa shape index (κ1) is 60.1. The minimum Gasteiger partial charge on any atom is -0.480 e. The van der Waals surface area contributed by atoms with E-state index in [1.807, 2.05) is 6.08 Å². The van der Waals surface area contributed by atoms with Crippen LogP contribution in [0.2, 0.25) is 0 Å². The third kappa shape index (κ3) is 44.1. The van der Waals surface area contributed by atoms with E-state index in [2.05, 4.69) is 42.7 Å². The van der Waals surface area contributed by atoms with Crippen molar-refractivity contribution in [2.75, 3.05) is 19.8 Å². The van der Waals surface area contributed by atoms with Crippen molar-refractivity contribution in [1.29, 1.82) is 0 Å². The van der Waals surface area contributed by atoms with Crippen molar-refractivity contribution < 1.29 is 52.3 Å². The van der Waals surface area contributed by atoms with E-state index in [1.54, 1.807) is 12.2 Å². The van der Waals surface area contributed by atoms with Crippen LogP contribution in [0.1, 0.15) is 213 Å². The number of ketones is 1. The van der Waals surface area contributed by atoms with Crippen LogP contribution in [0.4, 0.5) is 0 Å². The van der Waals surface area contributed by atoms with E-state index in [9.17, 15) is 28.6 Å². The number of hydrogen-bond acceptors (Lipinski definition) is 10. The minimum atomic E-state index is -4.79. The number of phosphoric acid groups is 1. The summed E-state index contributed by atoms with van der Waals surface area (Å²) < 4.78 is 32.6. The predicted molar refractivity (Wildman–Crippen MR) is 254 cm³/mol. The zero-order valence-electron chi connectivity index (χ0n) is 39.4. The molecule has 0 fully saturated rings. The second-order valence-electron chi connectivity index (χ2n) is 16.6. The smallest absolute Gasteiger partial charge is 0.472 e. The van der Waals surface area contributed by atoms with Crippen molar-refractivity contribution >= 4 is 31.5 Å². The van der Waals surface area contributed by atoms with E-state index in [0.717, 1.165) is 38.5 Å². The van der Waals surface area contributed by atoms with Crippen LogP contribution in [0.15, 0.2) is 48.6 Å². The zero-order chi connectivity index (χ0) is 46.5. The number of aliphatic carboxylic acids is 1. The molecule has 13 heteroatoms. The summed E-state index contributed by atoms with van der Waals surface area (Å²) in [5.74, 6) is -2.82. The Bertz CT molecular complexity index is 1310. The van der Waals surface area contributed by atoms with Gasteiger partial charge in [0.05, 0.1) is 13.2 Å². The molecule has 0 aliphatic rings. The minimum absolute atomic E-state index is 0.100. The van der Waals surface area contributed by atoms with Gasteiger partial charge in [-0.15, -0.1) is 0 Å². The molecular weight excluding hydrogens is 822 g/mol. The molecule has 0 spiro atoms. The summed E-state index contributed by atoms with van der Waals surface area (Å²) in [6, 6.07) is -1.56. The van der Waals surface area contributed by atoms with Crippen LogP contribution < -0.4 is 5.73 Å². The molecule has 0 heterocycles. The average Bonchev–Trinajstić information content (AvgIpc) is 3.25. The highest BCUT2D eigenvalue weighted by Crippen LogP contribution is 2.43. The lowest BCUT2D eigenvalue weighted by Crippen LogP contribution is -2.34. The molecule has 0 aliphatic heterocycles. The number of ether oxygens (including phenoxy) is 2. The van der Waals surface area contributed by atoms with E-state index in [0.29, 0.717) is 6.42 Å². The van der Waals surface area contributed by atoms with Gasteiger partial charge in [0.15, 0.2) is 11.9 Å². The fraction of sp³-hybridized carbons (Fsp3) is 0.760. The molecule has 1 unspecified atom stereocenters. The van der Waals surface area contributed by atoms with Crippen molar-refractivity contribution in [3.8, 4) is 0 Å². The van der Waals surface area contributed by atoms with Crippen molar-refractivity contribution in [2.24, 2.45) is 5.73 Å². The molecule has 0 aromatic rings. The van der Waals surface area contributed by atoms with Crippen molar-refractivity contribution in [3.63, 3.8) is 0 Å². The highest BCUT2D eigenvalue weighted by Gasteiger charge is 2.28. The summed E-state index contributed by atoms with van der Waals surface area (Å²) in [6.45, 7) is 2.56. The first-order valence-corrected chi connectivity index (χ1v) is 26.1. The molecule has 364 valence electrons. The van der Waals surface area contributed by atoms with Crippen LogP contribution in [0.5, 0.6) is 0 Å². The Hall–Kier alpha value is -2.89. The summed E-state index contributed by atoms with van der Waals surface area (Å²) in [4.78, 5) is 58.4. The predicted octanol–water partition coefficient (Wildman–Crippen LogP) is 12.9. The molecule has 0 bridgehead atoms. The first-order valence-electron chi connectivity index (χ1n) is 24.6. The van der Waals surface area contributed by atoms with E-state index in [4.69, 9.17) is 24.8 Å². The number of carbonyl (C=O) groups is 4. The summed E-state index contributed by atoms with van der Waals surface area (Å²) in [5.41, 5.74) is 5.33. The monoisotopic (exact) mass is 910 g/mol. The van der Waals surface area contributed by atoms with E-state index in [-0.39, 0.29) is 31.5 Å². The molecule has 0 saturated heterocycles. The largest absolute Gasteiger partial charge is 0.480 e. The van der Waals surface area contributed by atoms with Crippen molar-refractivity contribution in [3.05, 3.63) is 48.6 Å². The molecule has 0 amide bonds. The number of unbranched alkanes of at least 4 members (excludes halogenated alkanes) is 23. The lowest BCUT2D eigenvalue weighted by molar-refractivity contribution is -0.161. The number of rotatable bonds is 46. The van der Waals surface area contributed by atoms with Crippen LogP contribution in [0.25, 0.3) is 0 Å². The SMILES string of the molecule is CCCCC/C=C\C/C=C\C/C=C\C=C\C(=O)CCCC(=O)O[C@H](COC(=O)CCCCCCCCCCCCCCCCCCCCCCC)COP(=O)(O)OC[C@H](N)C(=O)O. The molecule has 63 heavy (non-hydrogen) atoms. The normalized spacial score (nSPS) is 13.9. The molecule has 12 nitrogen and oxygen atoms in total. The Balaban J connectivity index is 4.40. The van der Waals surface area contributed by atoms with Gasteiger partial charge in [-0.3, -0.25) is 28.2 Å². The fourth-order valence-corrected chi connectivity index (χ4v) is 7.45. The van der Waals surface area contributed by atoms with Crippen LogP contribution in [-0.2, 0) is 42.3 Å². The van der Waals surface area contributed by atoms with Crippen molar-refractivity contribution in [1.82, 2.24) is 0 Å². The summed E-state index contributed by atoms with van der Waals surface area (Å²) in [6.07, 6.45) is 47.6. The number of nitrogens with two attached hydrogens (primary N) is 1. The summed E-state index contributed by atoms with van der Waals surface area (Å²) >= 11 is 0. The average molecular weight is 910 g/mol. The second-order valence-corrected chi connectivity index (χ2v) is 18.1. The van der Waals surface area contributed by atoms with Gasteiger partial charge < -0.3 is 25.2 Å². The molecular formula is C50H88NO11P. The van der Waals surface area contributed by atoms with Gasteiger partial charge in [-0.05, 0) is 44.6 Å². The number of hydrogen-bond donors (Lipinski definition) is 3. The molecule has 0 aliphatic carbocycles. The molecule has 4 N–H and O–H groups in total. The topological polar surface area (TPSA) is 189 Å². The number of carboxylic acids is 1. The van der Waals surface area contributed by atoms with Gasteiger partial charge in [0.1, 0.15) is 12.6 Å². The Morgan fingerprint density at radius 3 is 1.54 bits per heavy atom. The Kier molecular flexibility index (Phi) is 42.3. The molecule has 0 aromatic heterocycles. The van der Waals surface area contributed by atoms with Crippen LogP contribution in [0, 0.1) is 0 Å². The number of carboxylic acid groups (broad SMARTS) is 1. The fourth-order valence-electron chi connectivity index (χ4n) is 6.67. The van der Waals surface area contributed by atoms with E-state index >= 15 is 0 Å². The zero-order valence-corrected chi connectivity index (χ0v) is 40.3. The second kappa shape index (κ2) is 44.3. The number of carbonyl (C=O) groups excluding carboxylic acids is 3. The number of allylic oxidation sites excluding steroid dienone is 8. The van der Waals surface area contributed by atoms with Gasteiger partial charge >= 0.3 is 25.7 Å². The third-order valence-electron chi connectivity index (χ3n) is 10.6. The maximum Gasteiger partial charge on any atom is 0.472 e. The molecule has 0 saturated carbocycles. The molecule has 0 rings (SSSR count). The molecule has 0 aromatic carbocycles. The Morgan fingerprint density at radius 2 is 1.00 bits per heavy atom. The van der Waals surface area contributed by atoms with Crippen LogP contribution in [-0.4, -0.2) is 65.7 Å². The molecule has 0 radical (unpaired) electrons. The quantitative estimate of drug-likeness (QED) is 0.0131. The maximum absolute atomic E-state index is 12.6. The van der Waals surface area contributed by atoms with Gasteiger partial charge in [-0.25, -0.2) is 4.57 Å². The van der Waals surface area contributed by atoms with E-state index < -0.39 is 57.7 Å². The van der Waals surface area contributed by atoms with Gasteiger partial charge in [-0.2, -0.15) is 0 Å². The molecule has 3 atom stereocenters. The van der Waals surface area contributed by atoms with Gasteiger partial charge in [0.25, 0.3) is 0 Å². The number of esters is 2. The highest BCUT2D eigenvalue weighted by molar-refractivity contribution is 7.47.